The highest BCUT2D eigenvalue weighted by Crippen LogP contribution is 2.53. The number of amides is 1. The van der Waals surface area contributed by atoms with Gasteiger partial charge in [0.2, 0.25) is 17.6 Å². The molecule has 4 atom stereocenters. The zero-order valence-electron chi connectivity index (χ0n) is 18.4. The Kier molecular flexibility index (Phi) is 5.76. The fourth-order valence-corrected chi connectivity index (χ4v) is 4.90. The van der Waals surface area contributed by atoms with Gasteiger partial charge in [-0.3, -0.25) is 4.79 Å². The molecule has 9 heteroatoms. The van der Waals surface area contributed by atoms with E-state index < -0.39 is 17.6 Å². The number of hydrogen-bond donors (Lipinski definition) is 1. The fourth-order valence-electron chi connectivity index (χ4n) is 4.90. The van der Waals surface area contributed by atoms with E-state index >= 15 is 0 Å². The Balaban J connectivity index is 1.45. The van der Waals surface area contributed by atoms with Gasteiger partial charge in [-0.15, -0.1) is 0 Å². The highest BCUT2D eigenvalue weighted by Gasteiger charge is 2.55. The average Bonchev–Trinajstić information content (AvgIpc) is 3.45. The molecule has 0 bridgehead atoms. The molecular formula is C23H27F2N5O2. The van der Waals surface area contributed by atoms with Gasteiger partial charge in [0.1, 0.15) is 18.0 Å². The summed E-state index contributed by atoms with van der Waals surface area (Å²) in [5.41, 5.74) is -0.0986. The van der Waals surface area contributed by atoms with Crippen LogP contribution in [0.15, 0.2) is 28.8 Å². The highest BCUT2D eigenvalue weighted by molar-refractivity contribution is 5.79. The van der Waals surface area contributed by atoms with Crippen molar-refractivity contribution in [2.24, 2.45) is 5.41 Å². The molecule has 2 fully saturated rings. The first-order chi connectivity index (χ1) is 15.2. The molecule has 1 aromatic heterocycles. The van der Waals surface area contributed by atoms with Crippen molar-refractivity contribution in [2.75, 3.05) is 13.1 Å². The summed E-state index contributed by atoms with van der Waals surface area (Å²) in [6.07, 6.45) is 0.484. The number of hydrogen-bond acceptors (Lipinski definition) is 6. The van der Waals surface area contributed by atoms with Crippen LogP contribution in [0.1, 0.15) is 45.9 Å². The topological polar surface area (TPSA) is 95.1 Å². The first kappa shape index (κ1) is 22.3. The number of rotatable bonds is 5. The lowest BCUT2D eigenvalue weighted by Crippen LogP contribution is -2.50. The third kappa shape index (κ3) is 3.77. The van der Waals surface area contributed by atoms with Gasteiger partial charge in [0.25, 0.3) is 0 Å². The number of likely N-dealkylation sites (tertiary alicyclic amines) is 1. The monoisotopic (exact) mass is 443 g/mol. The zero-order chi connectivity index (χ0) is 23.1. The first-order valence-electron chi connectivity index (χ1n) is 10.8. The van der Waals surface area contributed by atoms with Gasteiger partial charge < -0.3 is 14.7 Å². The molecule has 1 aromatic carbocycles. The van der Waals surface area contributed by atoms with Gasteiger partial charge in [-0.05, 0) is 42.5 Å². The van der Waals surface area contributed by atoms with Crippen molar-refractivity contribution in [3.63, 3.8) is 0 Å². The van der Waals surface area contributed by atoms with Gasteiger partial charge in [0.05, 0.1) is 24.6 Å². The van der Waals surface area contributed by atoms with Crippen LogP contribution in [-0.4, -0.2) is 52.3 Å². The number of carbonyl (C=O) groups excluding carboxylic acids is 1. The quantitative estimate of drug-likeness (QED) is 0.761. The lowest BCUT2D eigenvalue weighted by atomic mass is 9.67. The van der Waals surface area contributed by atoms with E-state index in [1.807, 2.05) is 6.07 Å². The summed E-state index contributed by atoms with van der Waals surface area (Å²) in [6, 6.07) is 7.22. The second-order valence-corrected chi connectivity index (χ2v) is 9.48. The predicted octanol–water partition coefficient (Wildman–Crippen LogP) is 3.37. The van der Waals surface area contributed by atoms with Crippen molar-refractivity contribution >= 4 is 5.91 Å². The molecule has 0 radical (unpaired) electrons. The Morgan fingerprint density at radius 3 is 2.75 bits per heavy atom. The van der Waals surface area contributed by atoms with E-state index in [4.69, 9.17) is 4.52 Å². The Morgan fingerprint density at radius 1 is 1.34 bits per heavy atom. The minimum atomic E-state index is -1.15. The molecule has 1 saturated carbocycles. The molecule has 32 heavy (non-hydrogen) atoms. The summed E-state index contributed by atoms with van der Waals surface area (Å²) in [5, 5.41) is 16.6. The van der Waals surface area contributed by atoms with Gasteiger partial charge in [-0.2, -0.15) is 10.2 Å². The Labute approximate surface area is 185 Å². The van der Waals surface area contributed by atoms with Crippen LogP contribution in [0.2, 0.25) is 0 Å². The molecular weight excluding hydrogens is 416 g/mol. The van der Waals surface area contributed by atoms with E-state index in [2.05, 4.69) is 36.2 Å². The van der Waals surface area contributed by atoms with Crippen LogP contribution < -0.4 is 5.32 Å². The maximum absolute atomic E-state index is 13.7. The van der Waals surface area contributed by atoms with Crippen molar-refractivity contribution < 1.29 is 18.1 Å². The van der Waals surface area contributed by atoms with Gasteiger partial charge in [-0.25, -0.2) is 8.78 Å². The Morgan fingerprint density at radius 2 is 2.06 bits per heavy atom. The third-order valence-corrected chi connectivity index (χ3v) is 7.45. The van der Waals surface area contributed by atoms with Crippen molar-refractivity contribution in [2.45, 2.75) is 63.7 Å². The Hall–Kier alpha value is -2.86. The molecule has 2 aliphatic rings. The first-order valence-corrected chi connectivity index (χ1v) is 10.8. The summed E-state index contributed by atoms with van der Waals surface area (Å²) >= 11 is 0. The second kappa shape index (κ2) is 8.24. The van der Waals surface area contributed by atoms with Crippen LogP contribution in [0.4, 0.5) is 8.78 Å². The number of benzene rings is 1. The van der Waals surface area contributed by atoms with Crippen molar-refractivity contribution in [1.82, 2.24) is 20.4 Å². The molecule has 7 nitrogen and oxygen atoms in total. The minimum absolute atomic E-state index is 0.0121. The van der Waals surface area contributed by atoms with E-state index in [0.29, 0.717) is 17.3 Å². The molecule has 1 aliphatic carbocycles. The Bertz CT molecular complexity index is 1030. The van der Waals surface area contributed by atoms with Crippen LogP contribution >= 0.6 is 0 Å². The maximum Gasteiger partial charge on any atom is 0.237 e. The largest absolute Gasteiger partial charge is 0.338 e. The third-order valence-electron chi connectivity index (χ3n) is 7.45. The normalized spacial score (nSPS) is 29.2. The fraction of sp³-hybridized carbons (Fsp3) is 0.565. The standard InChI is InChI=1S/C23H27F2N5O2/c1-22(2)18(27-12-19(31)30-13-16(25)10-17(30)11-26)8-9-23(22,3)21-28-20(29-32-21)14-4-6-15(24)7-5-14/h4-7,16-18,27H,8-10,12-13H2,1-3H3/t16-,17-,18+,23+/m0/s1. The van der Waals surface area contributed by atoms with Gasteiger partial charge >= 0.3 is 0 Å². The second-order valence-electron chi connectivity index (χ2n) is 9.48. The van der Waals surface area contributed by atoms with Crippen molar-refractivity contribution in [3.8, 4) is 17.5 Å². The number of nitriles is 1. The highest BCUT2D eigenvalue weighted by atomic mass is 19.1. The smallest absolute Gasteiger partial charge is 0.237 e. The van der Waals surface area contributed by atoms with Crippen molar-refractivity contribution in [3.05, 3.63) is 36.0 Å². The lowest BCUT2D eigenvalue weighted by Gasteiger charge is -2.39. The molecule has 2 aromatic rings. The lowest BCUT2D eigenvalue weighted by molar-refractivity contribution is -0.130. The van der Waals surface area contributed by atoms with Crippen LogP contribution in [0.25, 0.3) is 11.4 Å². The molecule has 2 heterocycles. The minimum Gasteiger partial charge on any atom is -0.338 e. The average molecular weight is 443 g/mol. The summed E-state index contributed by atoms with van der Waals surface area (Å²) in [5.74, 6) is 0.308. The zero-order valence-corrected chi connectivity index (χ0v) is 18.4. The summed E-state index contributed by atoms with van der Waals surface area (Å²) in [6.45, 7) is 6.27. The summed E-state index contributed by atoms with van der Waals surface area (Å²) in [4.78, 5) is 18.5. The van der Waals surface area contributed by atoms with Gasteiger partial charge in [-0.1, -0.05) is 25.9 Å². The summed E-state index contributed by atoms with van der Waals surface area (Å²) < 4.78 is 32.5. The number of nitrogens with one attached hydrogen (secondary N) is 1. The van der Waals surface area contributed by atoms with Crippen LogP contribution in [0.3, 0.4) is 0 Å². The number of aromatic nitrogens is 2. The molecule has 4 rings (SSSR count). The number of halogens is 2. The van der Waals surface area contributed by atoms with Crippen LogP contribution in [0, 0.1) is 22.6 Å². The van der Waals surface area contributed by atoms with Crippen LogP contribution in [-0.2, 0) is 10.2 Å². The van der Waals surface area contributed by atoms with Gasteiger partial charge in [0, 0.05) is 18.0 Å². The van der Waals surface area contributed by atoms with Crippen molar-refractivity contribution in [1.29, 1.82) is 5.26 Å². The van der Waals surface area contributed by atoms with E-state index in [9.17, 15) is 18.8 Å². The summed E-state index contributed by atoms with van der Waals surface area (Å²) in [7, 11) is 0. The maximum atomic E-state index is 13.7. The number of carbonyl (C=O) groups is 1. The molecule has 0 spiro atoms. The molecule has 1 saturated heterocycles. The molecule has 0 unspecified atom stereocenters. The molecule has 1 aliphatic heterocycles. The van der Waals surface area contributed by atoms with E-state index in [1.165, 1.54) is 17.0 Å². The van der Waals surface area contributed by atoms with Crippen LogP contribution in [0.5, 0.6) is 0 Å². The SMILES string of the molecule is CC1(C)[C@H](NCC(=O)N2C[C@@H](F)C[C@H]2C#N)CC[C@]1(C)c1nc(-c2ccc(F)cc2)no1. The van der Waals surface area contributed by atoms with E-state index in [-0.39, 0.29) is 42.7 Å². The molecule has 1 N–H and O–H groups in total. The van der Waals surface area contributed by atoms with Gasteiger partial charge in [0.15, 0.2) is 0 Å². The molecule has 1 amide bonds. The van der Waals surface area contributed by atoms with E-state index in [1.54, 1.807) is 12.1 Å². The molecule has 170 valence electrons. The number of nitrogens with zero attached hydrogens (tertiary/aromatic N) is 4. The predicted molar refractivity (Wildman–Crippen MR) is 112 cm³/mol. The van der Waals surface area contributed by atoms with E-state index in [0.717, 1.165) is 12.8 Å². The number of alkyl halides is 1.